The number of allylic oxidation sites excluding steroid dienone is 1. The molecule has 140 valence electrons. The quantitative estimate of drug-likeness (QED) is 0.299. The highest BCUT2D eigenvalue weighted by Crippen LogP contribution is 2.29. The van der Waals surface area contributed by atoms with E-state index in [0.717, 1.165) is 17.0 Å². The number of methoxy groups -OCH3 is 1. The first-order valence-corrected chi connectivity index (χ1v) is 9.60. The first-order valence-electron chi connectivity index (χ1n) is 7.93. The molecule has 0 aliphatic rings. The van der Waals surface area contributed by atoms with Crippen LogP contribution < -0.4 is 10.1 Å². The molecule has 0 aliphatic carbocycles. The second kappa shape index (κ2) is 8.65. The minimum atomic E-state index is -0.471. The van der Waals surface area contributed by atoms with Crippen molar-refractivity contribution in [1.29, 1.82) is 5.26 Å². The Morgan fingerprint density at radius 3 is 2.71 bits per heavy atom. The zero-order valence-corrected chi connectivity index (χ0v) is 17.0. The number of anilines is 1. The van der Waals surface area contributed by atoms with Gasteiger partial charge in [0, 0.05) is 33.7 Å². The van der Waals surface area contributed by atoms with Gasteiger partial charge in [-0.15, -0.1) is 11.3 Å². The lowest BCUT2D eigenvalue weighted by Crippen LogP contribution is -1.94. The van der Waals surface area contributed by atoms with Crippen molar-refractivity contribution in [3.8, 4) is 23.1 Å². The number of ether oxygens (including phenoxy) is 1. The molecular weight excluding hydrogens is 444 g/mol. The summed E-state index contributed by atoms with van der Waals surface area (Å²) in [5, 5.41) is 25.7. The van der Waals surface area contributed by atoms with Crippen LogP contribution in [0.3, 0.4) is 0 Å². The van der Waals surface area contributed by atoms with E-state index in [-0.39, 0.29) is 5.69 Å². The topological polar surface area (TPSA) is 101 Å². The van der Waals surface area contributed by atoms with Crippen molar-refractivity contribution in [2.45, 2.75) is 0 Å². The van der Waals surface area contributed by atoms with Crippen LogP contribution in [0.2, 0.25) is 0 Å². The van der Waals surface area contributed by atoms with Gasteiger partial charge in [0.05, 0.1) is 23.4 Å². The Morgan fingerprint density at radius 1 is 1.36 bits per heavy atom. The molecule has 0 spiro atoms. The Kier molecular flexibility index (Phi) is 6.03. The number of benzene rings is 2. The molecule has 3 rings (SSSR count). The minimum Gasteiger partial charge on any atom is -0.497 e. The van der Waals surface area contributed by atoms with Gasteiger partial charge in [0.25, 0.3) is 5.69 Å². The van der Waals surface area contributed by atoms with E-state index >= 15 is 0 Å². The fourth-order valence-corrected chi connectivity index (χ4v) is 3.59. The summed E-state index contributed by atoms with van der Waals surface area (Å²) in [5.41, 5.74) is 2.62. The van der Waals surface area contributed by atoms with Gasteiger partial charge in [0.2, 0.25) is 0 Å². The first kappa shape index (κ1) is 19.5. The van der Waals surface area contributed by atoms with E-state index in [1.165, 1.54) is 29.7 Å². The lowest BCUT2D eigenvalue weighted by atomic mass is 10.2. The molecule has 3 aromatic rings. The summed E-state index contributed by atoms with van der Waals surface area (Å²) >= 11 is 4.65. The van der Waals surface area contributed by atoms with Crippen molar-refractivity contribution < 1.29 is 9.66 Å². The van der Waals surface area contributed by atoms with Gasteiger partial charge in [-0.1, -0.05) is 0 Å². The molecule has 0 saturated heterocycles. The number of aromatic nitrogens is 1. The molecule has 2 aromatic carbocycles. The van der Waals surface area contributed by atoms with Crippen LogP contribution in [0.5, 0.6) is 5.75 Å². The lowest BCUT2D eigenvalue weighted by molar-refractivity contribution is -0.384. The number of thiazole rings is 1. The standard InChI is InChI=1S/C19H13BrN4O3S/c1-27-15-5-2-12(3-6-15)18-11-28-19(23-18)13(9-21)10-22-17-7-4-14(24(25)26)8-16(17)20/h2-8,10-11,22H,1H3. The van der Waals surface area contributed by atoms with E-state index in [4.69, 9.17) is 4.74 Å². The second-order valence-corrected chi connectivity index (χ2v) is 7.21. The number of hydrogen-bond acceptors (Lipinski definition) is 7. The molecule has 1 aromatic heterocycles. The predicted molar refractivity (Wildman–Crippen MR) is 112 cm³/mol. The molecule has 0 fully saturated rings. The molecule has 0 radical (unpaired) electrons. The van der Waals surface area contributed by atoms with Crippen LogP contribution in [0.4, 0.5) is 11.4 Å². The van der Waals surface area contributed by atoms with Gasteiger partial charge < -0.3 is 10.1 Å². The third-order valence-electron chi connectivity index (χ3n) is 3.78. The molecule has 9 heteroatoms. The number of halogens is 1. The molecule has 0 aliphatic heterocycles. The van der Waals surface area contributed by atoms with E-state index in [9.17, 15) is 15.4 Å². The highest BCUT2D eigenvalue weighted by atomic mass is 79.9. The molecule has 0 saturated carbocycles. The van der Waals surface area contributed by atoms with Crippen molar-refractivity contribution in [3.63, 3.8) is 0 Å². The Bertz CT molecular complexity index is 1090. The first-order chi connectivity index (χ1) is 13.5. The Balaban J connectivity index is 1.81. The molecule has 0 bridgehead atoms. The smallest absolute Gasteiger partial charge is 0.270 e. The van der Waals surface area contributed by atoms with Gasteiger partial charge in [0.15, 0.2) is 0 Å². The highest BCUT2D eigenvalue weighted by molar-refractivity contribution is 9.10. The van der Waals surface area contributed by atoms with Gasteiger partial charge in [0.1, 0.15) is 22.4 Å². The van der Waals surface area contributed by atoms with Gasteiger partial charge in [-0.05, 0) is 46.3 Å². The van der Waals surface area contributed by atoms with Gasteiger partial charge in [-0.25, -0.2) is 4.98 Å². The molecule has 0 atom stereocenters. The maximum atomic E-state index is 10.8. The summed E-state index contributed by atoms with van der Waals surface area (Å²) in [6.07, 6.45) is 1.53. The fraction of sp³-hybridized carbons (Fsp3) is 0.0526. The van der Waals surface area contributed by atoms with Crippen LogP contribution >= 0.6 is 27.3 Å². The summed E-state index contributed by atoms with van der Waals surface area (Å²) < 4.78 is 5.67. The van der Waals surface area contributed by atoms with E-state index in [2.05, 4.69) is 32.3 Å². The summed E-state index contributed by atoms with van der Waals surface area (Å²) in [6, 6.07) is 14.0. The van der Waals surface area contributed by atoms with E-state index in [1.54, 1.807) is 13.2 Å². The van der Waals surface area contributed by atoms with Crippen LogP contribution in [0.15, 0.2) is 58.5 Å². The molecule has 1 N–H and O–H groups in total. The molecule has 7 nitrogen and oxygen atoms in total. The van der Waals surface area contributed by atoms with Crippen molar-refractivity contribution in [2.75, 3.05) is 12.4 Å². The number of nitrogens with one attached hydrogen (secondary N) is 1. The molecular formula is C19H13BrN4O3S. The Labute approximate surface area is 173 Å². The second-order valence-electron chi connectivity index (χ2n) is 5.50. The average molecular weight is 457 g/mol. The van der Waals surface area contributed by atoms with E-state index in [0.29, 0.717) is 20.7 Å². The highest BCUT2D eigenvalue weighted by Gasteiger charge is 2.11. The zero-order chi connectivity index (χ0) is 20.1. The van der Waals surface area contributed by atoms with Crippen molar-refractivity contribution in [1.82, 2.24) is 4.98 Å². The SMILES string of the molecule is COc1ccc(-c2csc(C(C#N)=CNc3ccc([N+](=O)[O-])cc3Br)n2)cc1. The Morgan fingerprint density at radius 2 is 2.11 bits per heavy atom. The van der Waals surface area contributed by atoms with Crippen LogP contribution in [0.25, 0.3) is 16.8 Å². The molecule has 0 amide bonds. The van der Waals surface area contributed by atoms with E-state index < -0.39 is 4.92 Å². The number of nitrogens with zero attached hydrogens (tertiary/aromatic N) is 3. The molecule has 0 unspecified atom stereocenters. The number of non-ortho nitro benzene ring substituents is 1. The normalized spacial score (nSPS) is 11.0. The van der Waals surface area contributed by atoms with Crippen LogP contribution in [0, 0.1) is 21.4 Å². The van der Waals surface area contributed by atoms with E-state index in [1.807, 2.05) is 29.6 Å². The third-order valence-corrected chi connectivity index (χ3v) is 5.31. The largest absolute Gasteiger partial charge is 0.497 e. The van der Waals surface area contributed by atoms with Gasteiger partial charge >= 0.3 is 0 Å². The third kappa shape index (κ3) is 4.36. The maximum Gasteiger partial charge on any atom is 0.270 e. The fourth-order valence-electron chi connectivity index (χ4n) is 2.32. The Hall–Kier alpha value is -3.22. The zero-order valence-electron chi connectivity index (χ0n) is 14.5. The monoisotopic (exact) mass is 456 g/mol. The summed E-state index contributed by atoms with van der Waals surface area (Å²) in [6.45, 7) is 0. The summed E-state index contributed by atoms with van der Waals surface area (Å²) in [5.74, 6) is 0.759. The summed E-state index contributed by atoms with van der Waals surface area (Å²) in [7, 11) is 1.61. The maximum absolute atomic E-state index is 10.8. The van der Waals surface area contributed by atoms with Gasteiger partial charge in [-0.3, -0.25) is 10.1 Å². The van der Waals surface area contributed by atoms with Crippen LogP contribution in [-0.4, -0.2) is 17.0 Å². The number of nitro groups is 1. The van der Waals surface area contributed by atoms with Crippen LogP contribution in [-0.2, 0) is 0 Å². The number of nitriles is 1. The van der Waals surface area contributed by atoms with Gasteiger partial charge in [-0.2, -0.15) is 5.26 Å². The van der Waals surface area contributed by atoms with Crippen LogP contribution in [0.1, 0.15) is 5.01 Å². The number of rotatable bonds is 6. The molecule has 28 heavy (non-hydrogen) atoms. The minimum absolute atomic E-state index is 0.0223. The number of nitro benzene ring substituents is 1. The lowest BCUT2D eigenvalue weighted by Gasteiger charge is -2.04. The predicted octanol–water partition coefficient (Wildman–Crippen LogP) is 5.47. The summed E-state index contributed by atoms with van der Waals surface area (Å²) in [4.78, 5) is 14.9. The van der Waals surface area contributed by atoms with Crippen molar-refractivity contribution >= 4 is 44.2 Å². The molecule has 1 heterocycles. The van der Waals surface area contributed by atoms with Crippen molar-refractivity contribution in [3.05, 3.63) is 73.6 Å². The number of hydrogen-bond donors (Lipinski definition) is 1. The van der Waals surface area contributed by atoms with Crippen molar-refractivity contribution in [2.24, 2.45) is 0 Å². The average Bonchev–Trinajstić information content (AvgIpc) is 3.19.